The number of likely N-dealkylation sites (tertiary alicyclic amines) is 1. The van der Waals surface area contributed by atoms with E-state index in [1.807, 2.05) is 19.0 Å². The van der Waals surface area contributed by atoms with Crippen molar-refractivity contribution in [3.63, 3.8) is 0 Å². The van der Waals surface area contributed by atoms with E-state index in [0.29, 0.717) is 29.1 Å². The van der Waals surface area contributed by atoms with Gasteiger partial charge in [0.15, 0.2) is 0 Å². The minimum atomic E-state index is -0.784. The maximum Gasteiger partial charge on any atom is 0.295 e. The number of carbonyl (C=O) groups is 2. The number of ketones is 1. The summed E-state index contributed by atoms with van der Waals surface area (Å²) < 4.78 is 13.4. The minimum Gasteiger partial charge on any atom is -0.507 e. The van der Waals surface area contributed by atoms with Gasteiger partial charge in [0.1, 0.15) is 11.6 Å². The van der Waals surface area contributed by atoms with Crippen molar-refractivity contribution >= 4 is 29.1 Å². The third-order valence-corrected chi connectivity index (χ3v) is 5.10. The Balaban J connectivity index is 2.07. The highest BCUT2D eigenvalue weighted by Gasteiger charge is 2.45. The molecule has 29 heavy (non-hydrogen) atoms. The van der Waals surface area contributed by atoms with Gasteiger partial charge in [-0.25, -0.2) is 4.39 Å². The van der Waals surface area contributed by atoms with Crippen LogP contribution in [0.25, 0.3) is 5.76 Å². The summed E-state index contributed by atoms with van der Waals surface area (Å²) in [6.45, 7) is 1.07. The highest BCUT2D eigenvalue weighted by molar-refractivity contribution is 6.46. The second kappa shape index (κ2) is 8.76. The molecule has 3 rings (SSSR count). The number of hydrogen-bond donors (Lipinski definition) is 1. The van der Waals surface area contributed by atoms with E-state index in [0.717, 1.165) is 6.54 Å². The molecule has 1 fully saturated rings. The van der Waals surface area contributed by atoms with Gasteiger partial charge in [0, 0.05) is 17.1 Å². The molecule has 0 spiro atoms. The van der Waals surface area contributed by atoms with E-state index >= 15 is 0 Å². The maximum atomic E-state index is 13.4. The molecule has 0 radical (unpaired) electrons. The molecule has 7 heteroatoms. The fourth-order valence-electron chi connectivity index (χ4n) is 3.42. The molecule has 0 aromatic heterocycles. The van der Waals surface area contributed by atoms with Gasteiger partial charge in [-0.3, -0.25) is 9.59 Å². The maximum absolute atomic E-state index is 13.4. The number of halogens is 2. The van der Waals surface area contributed by atoms with Crippen molar-refractivity contribution in [2.24, 2.45) is 0 Å². The molecule has 0 aliphatic carbocycles. The topological polar surface area (TPSA) is 60.9 Å². The summed E-state index contributed by atoms with van der Waals surface area (Å²) in [4.78, 5) is 29.0. The zero-order chi connectivity index (χ0) is 21.1. The van der Waals surface area contributed by atoms with Crippen LogP contribution in [0.4, 0.5) is 4.39 Å². The number of hydrogen-bond acceptors (Lipinski definition) is 4. The van der Waals surface area contributed by atoms with Crippen molar-refractivity contribution < 1.29 is 19.1 Å². The van der Waals surface area contributed by atoms with Crippen molar-refractivity contribution in [3.8, 4) is 0 Å². The number of amides is 1. The van der Waals surface area contributed by atoms with E-state index in [2.05, 4.69) is 0 Å². The highest BCUT2D eigenvalue weighted by Crippen LogP contribution is 2.39. The van der Waals surface area contributed by atoms with Crippen LogP contribution in [0.5, 0.6) is 0 Å². The zero-order valence-electron chi connectivity index (χ0n) is 16.2. The number of benzene rings is 2. The van der Waals surface area contributed by atoms with E-state index in [1.165, 1.54) is 29.2 Å². The van der Waals surface area contributed by atoms with Crippen molar-refractivity contribution in [1.29, 1.82) is 0 Å². The molecule has 1 saturated heterocycles. The quantitative estimate of drug-likeness (QED) is 0.441. The largest absolute Gasteiger partial charge is 0.507 e. The third kappa shape index (κ3) is 4.49. The Kier molecular flexibility index (Phi) is 6.35. The van der Waals surface area contributed by atoms with Crippen molar-refractivity contribution in [1.82, 2.24) is 9.80 Å². The standard InChI is InChI=1S/C22H22ClFN2O3/c1-25(2)12-3-13-26-19(14-6-10-17(24)11-7-14)18(21(28)22(26)29)20(27)15-4-8-16(23)9-5-15/h4-11,19,27H,3,12-13H2,1-2H3/t19-/m0/s1. The zero-order valence-corrected chi connectivity index (χ0v) is 17.0. The average Bonchev–Trinajstić information content (AvgIpc) is 2.93. The highest BCUT2D eigenvalue weighted by atomic mass is 35.5. The smallest absolute Gasteiger partial charge is 0.295 e. The summed E-state index contributed by atoms with van der Waals surface area (Å²) in [5.74, 6) is -2.12. The molecule has 2 aromatic rings. The summed E-state index contributed by atoms with van der Waals surface area (Å²) >= 11 is 5.91. The first-order valence-electron chi connectivity index (χ1n) is 9.24. The summed E-state index contributed by atoms with van der Waals surface area (Å²) in [7, 11) is 3.85. The number of Topliss-reactive ketones (excluding diaryl/α,β-unsaturated/α-hetero) is 1. The van der Waals surface area contributed by atoms with Crippen LogP contribution in [0, 0.1) is 5.82 Å². The van der Waals surface area contributed by atoms with Gasteiger partial charge in [0.25, 0.3) is 11.7 Å². The fraction of sp³-hybridized carbons (Fsp3) is 0.273. The lowest BCUT2D eigenvalue weighted by molar-refractivity contribution is -0.139. The molecule has 0 unspecified atom stereocenters. The second-order valence-electron chi connectivity index (χ2n) is 7.21. The van der Waals surface area contributed by atoms with E-state index in [-0.39, 0.29) is 11.3 Å². The van der Waals surface area contributed by atoms with Gasteiger partial charge in [-0.2, -0.15) is 0 Å². The molecule has 0 bridgehead atoms. The summed E-state index contributed by atoms with van der Waals surface area (Å²) in [5, 5.41) is 11.4. The molecule has 1 aliphatic rings. The Bertz CT molecular complexity index is 940. The van der Waals surface area contributed by atoms with Gasteiger partial charge < -0.3 is 14.9 Å². The van der Waals surface area contributed by atoms with E-state index < -0.39 is 23.5 Å². The predicted molar refractivity (Wildman–Crippen MR) is 110 cm³/mol. The number of rotatable bonds is 6. The van der Waals surface area contributed by atoms with Crippen LogP contribution in [0.2, 0.25) is 5.02 Å². The average molecular weight is 417 g/mol. The molecule has 2 aromatic carbocycles. The molecule has 1 aliphatic heterocycles. The van der Waals surface area contributed by atoms with Gasteiger partial charge in [-0.15, -0.1) is 0 Å². The minimum absolute atomic E-state index is 0.00576. The summed E-state index contributed by atoms with van der Waals surface area (Å²) in [6.07, 6.45) is 0.651. The van der Waals surface area contributed by atoms with E-state index in [1.54, 1.807) is 24.3 Å². The Morgan fingerprint density at radius 3 is 2.31 bits per heavy atom. The van der Waals surface area contributed by atoms with E-state index in [4.69, 9.17) is 11.6 Å². The van der Waals surface area contributed by atoms with Crippen molar-refractivity contribution in [2.75, 3.05) is 27.2 Å². The van der Waals surface area contributed by atoms with Crippen molar-refractivity contribution in [3.05, 3.63) is 76.1 Å². The molecular weight excluding hydrogens is 395 g/mol. The Hall–Kier alpha value is -2.70. The number of nitrogens with zero attached hydrogens (tertiary/aromatic N) is 2. The third-order valence-electron chi connectivity index (χ3n) is 4.85. The van der Waals surface area contributed by atoms with Gasteiger partial charge in [0.05, 0.1) is 11.6 Å². The molecular formula is C22H22ClFN2O3. The summed E-state index contributed by atoms with van der Waals surface area (Å²) in [6, 6.07) is 11.2. The Morgan fingerprint density at radius 2 is 1.72 bits per heavy atom. The van der Waals surface area contributed by atoms with Crippen LogP contribution in [-0.4, -0.2) is 53.8 Å². The molecule has 152 valence electrons. The van der Waals surface area contributed by atoms with Gasteiger partial charge in [0.2, 0.25) is 0 Å². The lowest BCUT2D eigenvalue weighted by Crippen LogP contribution is -2.32. The molecule has 5 nitrogen and oxygen atoms in total. The SMILES string of the molecule is CN(C)CCCN1C(=O)C(=O)C(=C(O)c2ccc(Cl)cc2)[C@@H]1c1ccc(F)cc1. The van der Waals surface area contributed by atoms with E-state index in [9.17, 15) is 19.1 Å². The monoisotopic (exact) mass is 416 g/mol. The van der Waals surface area contributed by atoms with Crippen molar-refractivity contribution in [2.45, 2.75) is 12.5 Å². The van der Waals surface area contributed by atoms with Gasteiger partial charge in [-0.1, -0.05) is 23.7 Å². The number of aliphatic hydroxyl groups excluding tert-OH is 1. The Morgan fingerprint density at radius 1 is 1.10 bits per heavy atom. The molecule has 1 atom stereocenters. The predicted octanol–water partition coefficient (Wildman–Crippen LogP) is 3.85. The lowest BCUT2D eigenvalue weighted by Gasteiger charge is -2.26. The van der Waals surface area contributed by atoms with Crippen LogP contribution >= 0.6 is 11.6 Å². The summed E-state index contributed by atoms with van der Waals surface area (Å²) in [5.41, 5.74) is 0.938. The van der Waals surface area contributed by atoms with Crippen LogP contribution in [0.15, 0.2) is 54.1 Å². The molecule has 1 amide bonds. The van der Waals surface area contributed by atoms with Gasteiger partial charge >= 0.3 is 0 Å². The van der Waals surface area contributed by atoms with Crippen LogP contribution in [-0.2, 0) is 9.59 Å². The normalized spacial score (nSPS) is 18.7. The number of aliphatic hydroxyl groups is 1. The first-order chi connectivity index (χ1) is 13.8. The van der Waals surface area contributed by atoms with Gasteiger partial charge in [-0.05, 0) is 69.0 Å². The lowest BCUT2D eigenvalue weighted by atomic mass is 9.95. The first kappa shape index (κ1) is 21.0. The fourth-order valence-corrected chi connectivity index (χ4v) is 3.55. The molecule has 0 saturated carbocycles. The van der Waals surface area contributed by atoms with Crippen LogP contribution in [0.1, 0.15) is 23.6 Å². The molecule has 1 heterocycles. The van der Waals surface area contributed by atoms with Crippen LogP contribution in [0.3, 0.4) is 0 Å². The molecule has 1 N–H and O–H groups in total. The Labute approximate surface area is 174 Å². The second-order valence-corrected chi connectivity index (χ2v) is 7.64. The first-order valence-corrected chi connectivity index (χ1v) is 9.62. The van der Waals surface area contributed by atoms with Crippen LogP contribution < -0.4 is 0 Å². The number of carbonyl (C=O) groups excluding carboxylic acids is 2.